The molecule has 1 aromatic rings. The maximum absolute atomic E-state index is 11.5. The molecular formula is C13H21N3O2S. The highest BCUT2D eigenvalue weighted by molar-refractivity contribution is 7.88. The largest absolute Gasteiger partial charge is 0.312 e. The normalized spacial score (nSPS) is 21.4. The molecule has 6 heteroatoms. The van der Waals surface area contributed by atoms with Crippen molar-refractivity contribution >= 4 is 10.0 Å². The van der Waals surface area contributed by atoms with E-state index >= 15 is 0 Å². The molecule has 1 N–H and O–H groups in total. The van der Waals surface area contributed by atoms with Gasteiger partial charge in [0.05, 0.1) is 6.26 Å². The number of sulfonamides is 1. The molecule has 5 nitrogen and oxygen atoms in total. The summed E-state index contributed by atoms with van der Waals surface area (Å²) in [5.41, 5.74) is 1.20. The Kier molecular flexibility index (Phi) is 4.90. The van der Waals surface area contributed by atoms with Crippen LogP contribution in [0.3, 0.4) is 0 Å². The fourth-order valence-electron chi connectivity index (χ4n) is 2.42. The van der Waals surface area contributed by atoms with Gasteiger partial charge in [-0.3, -0.25) is 4.98 Å². The van der Waals surface area contributed by atoms with E-state index in [1.807, 2.05) is 12.1 Å². The maximum Gasteiger partial charge on any atom is 0.211 e. The summed E-state index contributed by atoms with van der Waals surface area (Å²) in [6.45, 7) is 2.97. The average molecular weight is 283 g/mol. The molecule has 2 heterocycles. The lowest BCUT2D eigenvalue weighted by molar-refractivity contribution is 0.261. The molecule has 0 aliphatic carbocycles. The Morgan fingerprint density at radius 2 is 2.16 bits per heavy atom. The number of hydrogen-bond acceptors (Lipinski definition) is 4. The van der Waals surface area contributed by atoms with Crippen LogP contribution in [0.4, 0.5) is 0 Å². The Morgan fingerprint density at radius 3 is 2.84 bits per heavy atom. The van der Waals surface area contributed by atoms with Crippen LogP contribution in [-0.2, 0) is 16.6 Å². The molecule has 0 amide bonds. The van der Waals surface area contributed by atoms with E-state index in [4.69, 9.17) is 0 Å². The van der Waals surface area contributed by atoms with E-state index in [0.717, 1.165) is 25.9 Å². The minimum Gasteiger partial charge on any atom is -0.312 e. The minimum atomic E-state index is -3.04. The Balaban J connectivity index is 1.77. The second kappa shape index (κ2) is 6.45. The molecule has 0 radical (unpaired) electrons. The van der Waals surface area contributed by atoms with Crippen LogP contribution in [0, 0.1) is 5.92 Å². The second-order valence-corrected chi connectivity index (χ2v) is 7.10. The van der Waals surface area contributed by atoms with Crippen LogP contribution in [0.25, 0.3) is 0 Å². The zero-order valence-corrected chi connectivity index (χ0v) is 12.1. The average Bonchev–Trinajstić information content (AvgIpc) is 2.39. The molecule has 1 aliphatic heterocycles. The van der Waals surface area contributed by atoms with Gasteiger partial charge < -0.3 is 5.32 Å². The predicted octanol–water partition coefficient (Wildman–Crippen LogP) is 0.843. The van der Waals surface area contributed by atoms with Gasteiger partial charge in [0.15, 0.2) is 0 Å². The van der Waals surface area contributed by atoms with Crippen molar-refractivity contribution in [2.75, 3.05) is 25.9 Å². The van der Waals surface area contributed by atoms with Crippen molar-refractivity contribution in [2.24, 2.45) is 5.92 Å². The van der Waals surface area contributed by atoms with Gasteiger partial charge >= 0.3 is 0 Å². The van der Waals surface area contributed by atoms with E-state index in [-0.39, 0.29) is 0 Å². The summed E-state index contributed by atoms with van der Waals surface area (Å²) >= 11 is 0. The summed E-state index contributed by atoms with van der Waals surface area (Å²) in [6, 6.07) is 3.97. The van der Waals surface area contributed by atoms with Crippen LogP contribution in [0.1, 0.15) is 18.4 Å². The van der Waals surface area contributed by atoms with E-state index in [1.54, 1.807) is 16.7 Å². The lowest BCUT2D eigenvalue weighted by Gasteiger charge is -2.31. The van der Waals surface area contributed by atoms with Crippen molar-refractivity contribution in [3.8, 4) is 0 Å². The number of pyridine rings is 1. The lowest BCUT2D eigenvalue weighted by atomic mass is 10.00. The van der Waals surface area contributed by atoms with E-state index in [2.05, 4.69) is 10.3 Å². The molecule has 1 unspecified atom stereocenters. The van der Waals surface area contributed by atoms with Gasteiger partial charge in [0.25, 0.3) is 0 Å². The van der Waals surface area contributed by atoms with Gasteiger partial charge in [0, 0.05) is 32.0 Å². The van der Waals surface area contributed by atoms with Crippen molar-refractivity contribution in [2.45, 2.75) is 19.4 Å². The summed E-state index contributed by atoms with van der Waals surface area (Å²) in [5, 5.41) is 3.39. The summed E-state index contributed by atoms with van der Waals surface area (Å²) in [6.07, 6.45) is 6.90. The second-order valence-electron chi connectivity index (χ2n) is 5.12. The zero-order chi connectivity index (χ0) is 13.7. The maximum atomic E-state index is 11.5. The summed E-state index contributed by atoms with van der Waals surface area (Å²) in [7, 11) is -3.04. The van der Waals surface area contributed by atoms with E-state index in [9.17, 15) is 8.42 Å². The van der Waals surface area contributed by atoms with Crippen molar-refractivity contribution in [1.29, 1.82) is 0 Å². The molecule has 0 saturated carbocycles. The number of aromatic nitrogens is 1. The fourth-order valence-corrected chi connectivity index (χ4v) is 3.36. The first kappa shape index (κ1) is 14.4. The molecule has 0 bridgehead atoms. The molecule has 2 rings (SSSR count). The monoisotopic (exact) mass is 283 g/mol. The highest BCUT2D eigenvalue weighted by Crippen LogP contribution is 2.18. The van der Waals surface area contributed by atoms with Crippen LogP contribution >= 0.6 is 0 Å². The fraction of sp³-hybridized carbons (Fsp3) is 0.615. The zero-order valence-electron chi connectivity index (χ0n) is 11.2. The van der Waals surface area contributed by atoms with Crippen LogP contribution < -0.4 is 5.32 Å². The van der Waals surface area contributed by atoms with Crippen molar-refractivity contribution in [1.82, 2.24) is 14.6 Å². The summed E-state index contributed by atoms with van der Waals surface area (Å²) < 4.78 is 24.6. The Bertz CT molecular complexity index is 490. The van der Waals surface area contributed by atoms with E-state index in [0.29, 0.717) is 19.0 Å². The molecule has 1 fully saturated rings. The van der Waals surface area contributed by atoms with Crippen LogP contribution in [0.5, 0.6) is 0 Å². The molecule has 0 aromatic carbocycles. The quantitative estimate of drug-likeness (QED) is 0.870. The minimum absolute atomic E-state index is 0.408. The molecular weight excluding hydrogens is 262 g/mol. The van der Waals surface area contributed by atoms with Gasteiger partial charge in [0.1, 0.15) is 0 Å². The van der Waals surface area contributed by atoms with Gasteiger partial charge in [-0.25, -0.2) is 12.7 Å². The number of nitrogens with one attached hydrogen (secondary N) is 1. The third kappa shape index (κ3) is 4.56. The number of rotatable bonds is 5. The van der Waals surface area contributed by atoms with Gasteiger partial charge in [-0.1, -0.05) is 0 Å². The first-order valence-corrected chi connectivity index (χ1v) is 8.45. The summed E-state index contributed by atoms with van der Waals surface area (Å²) in [4.78, 5) is 3.98. The third-order valence-electron chi connectivity index (χ3n) is 3.46. The topological polar surface area (TPSA) is 62.3 Å². The van der Waals surface area contributed by atoms with E-state index in [1.165, 1.54) is 11.8 Å². The third-order valence-corrected chi connectivity index (χ3v) is 4.73. The van der Waals surface area contributed by atoms with Gasteiger partial charge in [-0.05, 0) is 43.0 Å². The number of piperidine rings is 1. The standard InChI is InChI=1S/C13H21N3O2S/c1-19(17,18)16-8-2-3-13(11-16)10-15-9-12-4-6-14-7-5-12/h4-7,13,15H,2-3,8-11H2,1H3. The van der Waals surface area contributed by atoms with Gasteiger partial charge in [-0.15, -0.1) is 0 Å². The van der Waals surface area contributed by atoms with E-state index < -0.39 is 10.0 Å². The smallest absolute Gasteiger partial charge is 0.211 e. The number of hydrogen-bond donors (Lipinski definition) is 1. The predicted molar refractivity (Wildman–Crippen MR) is 75.1 cm³/mol. The first-order chi connectivity index (χ1) is 9.05. The highest BCUT2D eigenvalue weighted by Gasteiger charge is 2.25. The highest BCUT2D eigenvalue weighted by atomic mass is 32.2. The Morgan fingerprint density at radius 1 is 1.42 bits per heavy atom. The van der Waals surface area contributed by atoms with Crippen LogP contribution in [-0.4, -0.2) is 43.6 Å². The molecule has 1 aromatic heterocycles. The van der Waals surface area contributed by atoms with Crippen LogP contribution in [0.2, 0.25) is 0 Å². The van der Waals surface area contributed by atoms with Crippen molar-refractivity contribution < 1.29 is 8.42 Å². The molecule has 1 aliphatic rings. The molecule has 19 heavy (non-hydrogen) atoms. The van der Waals surface area contributed by atoms with Crippen LogP contribution in [0.15, 0.2) is 24.5 Å². The van der Waals surface area contributed by atoms with Crippen molar-refractivity contribution in [3.63, 3.8) is 0 Å². The lowest BCUT2D eigenvalue weighted by Crippen LogP contribution is -2.42. The Labute approximate surface area is 115 Å². The number of nitrogens with zero attached hydrogens (tertiary/aromatic N) is 2. The molecule has 1 atom stereocenters. The SMILES string of the molecule is CS(=O)(=O)N1CCCC(CNCc2ccncc2)C1. The molecule has 0 spiro atoms. The first-order valence-electron chi connectivity index (χ1n) is 6.60. The Hall–Kier alpha value is -0.980. The molecule has 1 saturated heterocycles. The summed E-state index contributed by atoms with van der Waals surface area (Å²) in [5.74, 6) is 0.408. The van der Waals surface area contributed by atoms with Crippen molar-refractivity contribution in [3.05, 3.63) is 30.1 Å². The molecule has 106 valence electrons. The van der Waals surface area contributed by atoms with Gasteiger partial charge in [0.2, 0.25) is 10.0 Å². The van der Waals surface area contributed by atoms with Gasteiger partial charge in [-0.2, -0.15) is 0 Å².